The van der Waals surface area contributed by atoms with Crippen molar-refractivity contribution in [3.63, 3.8) is 0 Å². The first-order chi connectivity index (χ1) is 4.86. The predicted molar refractivity (Wildman–Crippen MR) is 39.2 cm³/mol. The molecule has 0 saturated carbocycles. The third kappa shape index (κ3) is 1.28. The van der Waals surface area contributed by atoms with Crippen LogP contribution in [-0.2, 0) is 0 Å². The van der Waals surface area contributed by atoms with Crippen molar-refractivity contribution in [1.29, 1.82) is 0 Å². The smallest absolute Gasteiger partial charge is 0.126 e. The molecule has 1 heterocycles. The van der Waals surface area contributed by atoms with Crippen LogP contribution in [0.5, 0.6) is 0 Å². The molecular weight excluding hydrogens is 130 g/mol. The van der Waals surface area contributed by atoms with Crippen LogP contribution in [0.3, 0.4) is 0 Å². The molecule has 0 aliphatic heterocycles. The number of rotatable bonds is 2. The summed E-state index contributed by atoms with van der Waals surface area (Å²) >= 11 is 0. The minimum absolute atomic E-state index is 0.346. The molecule has 0 amide bonds. The molecule has 0 bridgehead atoms. The van der Waals surface area contributed by atoms with E-state index in [1.807, 2.05) is 0 Å². The highest BCUT2D eigenvalue weighted by molar-refractivity contribution is 5.42. The largest absolute Gasteiger partial charge is 0.373 e. The van der Waals surface area contributed by atoms with E-state index in [4.69, 9.17) is 0 Å². The second kappa shape index (κ2) is 2.91. The lowest BCUT2D eigenvalue weighted by atomic mass is 10.4. The van der Waals surface area contributed by atoms with E-state index >= 15 is 0 Å². The maximum Gasteiger partial charge on any atom is 0.126 e. The Balaban J connectivity index is 2.90. The van der Waals surface area contributed by atoms with Crippen LogP contribution in [0.4, 0.5) is 11.5 Å². The lowest BCUT2D eigenvalue weighted by Crippen LogP contribution is -1.89. The number of aromatic nitrogens is 1. The van der Waals surface area contributed by atoms with Crippen molar-refractivity contribution in [3.05, 3.63) is 23.2 Å². The van der Waals surface area contributed by atoms with Gasteiger partial charge in [-0.3, -0.25) is 0 Å². The van der Waals surface area contributed by atoms with Gasteiger partial charge in [-0.2, -0.15) is 0 Å². The average molecular weight is 137 g/mol. The minimum Gasteiger partial charge on any atom is -0.373 e. The Morgan fingerprint density at radius 2 is 2.40 bits per heavy atom. The zero-order valence-corrected chi connectivity index (χ0v) is 5.53. The Bertz CT molecular complexity index is 219. The summed E-state index contributed by atoms with van der Waals surface area (Å²) < 4.78 is 0. The second-order valence-electron chi connectivity index (χ2n) is 1.74. The molecule has 0 saturated heterocycles. The predicted octanol–water partition coefficient (Wildman–Crippen LogP) is 1.52. The summed E-state index contributed by atoms with van der Waals surface area (Å²) in [5, 5.41) is 5.53. The Hall–Kier alpha value is -1.45. The number of anilines is 1. The van der Waals surface area contributed by atoms with Gasteiger partial charge in [0.15, 0.2) is 0 Å². The van der Waals surface area contributed by atoms with E-state index in [0.29, 0.717) is 5.69 Å². The van der Waals surface area contributed by atoms with Gasteiger partial charge in [0.1, 0.15) is 11.5 Å². The fourth-order valence-electron chi connectivity index (χ4n) is 0.588. The van der Waals surface area contributed by atoms with E-state index in [-0.39, 0.29) is 0 Å². The molecule has 52 valence electrons. The summed E-state index contributed by atoms with van der Waals surface area (Å²) in [4.78, 5) is 13.8. The quantitative estimate of drug-likeness (QED) is 0.628. The van der Waals surface area contributed by atoms with Crippen molar-refractivity contribution < 1.29 is 0 Å². The standard InChI is InChI=1S/C6H7N3O/c1-7-6-3-2-5(9-10)4-8-6/h2-4H,1H3,(H,7,8). The Morgan fingerprint density at radius 3 is 2.80 bits per heavy atom. The molecule has 4 nitrogen and oxygen atoms in total. The van der Waals surface area contributed by atoms with Gasteiger partial charge in [-0.05, 0) is 17.3 Å². The van der Waals surface area contributed by atoms with Gasteiger partial charge in [-0.25, -0.2) is 4.98 Å². The van der Waals surface area contributed by atoms with Gasteiger partial charge in [-0.1, -0.05) is 0 Å². The number of nitrogens with zero attached hydrogens (tertiary/aromatic N) is 2. The van der Waals surface area contributed by atoms with Crippen LogP contribution >= 0.6 is 0 Å². The van der Waals surface area contributed by atoms with Crippen molar-refractivity contribution in [2.45, 2.75) is 0 Å². The molecule has 1 rings (SSSR count). The fraction of sp³-hybridized carbons (Fsp3) is 0.167. The average Bonchev–Trinajstić information content (AvgIpc) is 2.05. The molecule has 1 aromatic heterocycles. The highest BCUT2D eigenvalue weighted by Crippen LogP contribution is 2.10. The number of nitroso groups, excluding NO2 is 1. The van der Waals surface area contributed by atoms with E-state index in [2.05, 4.69) is 15.5 Å². The lowest BCUT2D eigenvalue weighted by Gasteiger charge is -1.95. The lowest BCUT2D eigenvalue weighted by molar-refractivity contribution is 1.27. The van der Waals surface area contributed by atoms with Gasteiger partial charge in [-0.15, -0.1) is 4.91 Å². The van der Waals surface area contributed by atoms with Crippen molar-refractivity contribution in [2.75, 3.05) is 12.4 Å². The Kier molecular flexibility index (Phi) is 1.94. The molecule has 4 heteroatoms. The van der Waals surface area contributed by atoms with Gasteiger partial charge >= 0.3 is 0 Å². The van der Waals surface area contributed by atoms with Crippen molar-refractivity contribution in [1.82, 2.24) is 4.98 Å². The van der Waals surface area contributed by atoms with Crippen LogP contribution in [0.15, 0.2) is 23.5 Å². The van der Waals surface area contributed by atoms with Crippen LogP contribution in [0.1, 0.15) is 0 Å². The zero-order valence-electron chi connectivity index (χ0n) is 5.53. The molecule has 0 aliphatic rings. The molecule has 1 N–H and O–H groups in total. The van der Waals surface area contributed by atoms with Crippen LogP contribution in [0, 0.1) is 4.91 Å². The highest BCUT2D eigenvalue weighted by atomic mass is 16.3. The molecular formula is C6H7N3O. The topological polar surface area (TPSA) is 54.4 Å². The van der Waals surface area contributed by atoms with E-state index < -0.39 is 0 Å². The molecule has 0 aromatic carbocycles. The SMILES string of the molecule is CNc1ccc(N=O)cn1. The number of hydrogen-bond acceptors (Lipinski definition) is 4. The molecule has 0 fully saturated rings. The molecule has 0 spiro atoms. The summed E-state index contributed by atoms with van der Waals surface area (Å²) in [6.45, 7) is 0. The summed E-state index contributed by atoms with van der Waals surface area (Å²) in [6.07, 6.45) is 1.42. The van der Waals surface area contributed by atoms with Gasteiger partial charge in [0.2, 0.25) is 0 Å². The monoisotopic (exact) mass is 137 g/mol. The van der Waals surface area contributed by atoms with E-state index in [9.17, 15) is 4.91 Å². The molecule has 1 aromatic rings. The van der Waals surface area contributed by atoms with Crippen molar-refractivity contribution in [2.24, 2.45) is 5.18 Å². The molecule has 0 aliphatic carbocycles. The van der Waals surface area contributed by atoms with Crippen LogP contribution < -0.4 is 5.32 Å². The Labute approximate surface area is 58.3 Å². The summed E-state index contributed by atoms with van der Waals surface area (Å²) in [5.41, 5.74) is 0.346. The van der Waals surface area contributed by atoms with Crippen LogP contribution in [0.2, 0.25) is 0 Å². The first kappa shape index (κ1) is 6.67. The van der Waals surface area contributed by atoms with Gasteiger partial charge in [0.05, 0.1) is 6.20 Å². The zero-order chi connectivity index (χ0) is 7.40. The number of hydrogen-bond donors (Lipinski definition) is 1. The third-order valence-electron chi connectivity index (χ3n) is 1.11. The van der Waals surface area contributed by atoms with E-state index in [0.717, 1.165) is 5.82 Å². The summed E-state index contributed by atoms with van der Waals surface area (Å²) in [6, 6.07) is 3.29. The first-order valence-corrected chi connectivity index (χ1v) is 2.84. The molecule has 0 atom stereocenters. The molecule has 0 radical (unpaired) electrons. The van der Waals surface area contributed by atoms with E-state index in [1.54, 1.807) is 19.2 Å². The van der Waals surface area contributed by atoms with Gasteiger partial charge in [0, 0.05) is 7.05 Å². The maximum absolute atomic E-state index is 9.90. The number of nitrogens with one attached hydrogen (secondary N) is 1. The first-order valence-electron chi connectivity index (χ1n) is 2.84. The summed E-state index contributed by atoms with van der Waals surface area (Å²) in [7, 11) is 1.76. The van der Waals surface area contributed by atoms with Gasteiger partial charge < -0.3 is 5.32 Å². The maximum atomic E-state index is 9.90. The van der Waals surface area contributed by atoms with Crippen molar-refractivity contribution >= 4 is 11.5 Å². The second-order valence-corrected chi connectivity index (χ2v) is 1.74. The van der Waals surface area contributed by atoms with Gasteiger partial charge in [0.25, 0.3) is 0 Å². The Morgan fingerprint density at radius 1 is 1.60 bits per heavy atom. The highest BCUT2D eigenvalue weighted by Gasteiger charge is 1.90. The van der Waals surface area contributed by atoms with E-state index in [1.165, 1.54) is 6.20 Å². The van der Waals surface area contributed by atoms with Crippen LogP contribution in [0.25, 0.3) is 0 Å². The van der Waals surface area contributed by atoms with Crippen molar-refractivity contribution in [3.8, 4) is 0 Å². The van der Waals surface area contributed by atoms with Crippen LogP contribution in [-0.4, -0.2) is 12.0 Å². The normalized spacial score (nSPS) is 8.90. The minimum atomic E-state index is 0.346. The fourth-order valence-corrected chi connectivity index (χ4v) is 0.588. The number of pyridine rings is 1. The summed E-state index contributed by atoms with van der Waals surface area (Å²) in [5.74, 6) is 0.729. The molecule has 0 unspecified atom stereocenters. The molecule has 10 heavy (non-hydrogen) atoms. The third-order valence-corrected chi connectivity index (χ3v) is 1.11.